The second-order valence-electron chi connectivity index (χ2n) is 5.28. The van der Waals surface area contributed by atoms with Crippen molar-refractivity contribution in [2.75, 3.05) is 13.2 Å². The van der Waals surface area contributed by atoms with Crippen molar-refractivity contribution >= 4 is 11.8 Å². The molecule has 1 atom stereocenters. The lowest BCUT2D eigenvalue weighted by atomic mass is 9.89. The van der Waals surface area contributed by atoms with E-state index in [1.165, 1.54) is 0 Å². The third kappa shape index (κ3) is 2.16. The van der Waals surface area contributed by atoms with Gasteiger partial charge in [-0.3, -0.25) is 4.79 Å². The molecule has 0 bridgehead atoms. The topological polar surface area (TPSA) is 46.6 Å². The first-order valence-corrected chi connectivity index (χ1v) is 6.76. The summed E-state index contributed by atoms with van der Waals surface area (Å²) < 4.78 is 5.01. The molecule has 2 aliphatic heterocycles. The highest BCUT2D eigenvalue weighted by Crippen LogP contribution is 2.36. The van der Waals surface area contributed by atoms with Crippen LogP contribution in [0.2, 0.25) is 0 Å². The fraction of sp³-hybridized carbons (Fsp3) is 0.714. The number of fused-ring (bicyclic) bond motifs is 1. The van der Waals surface area contributed by atoms with Gasteiger partial charge < -0.3 is 9.64 Å². The van der Waals surface area contributed by atoms with Crippen molar-refractivity contribution < 1.29 is 14.3 Å². The quantitative estimate of drug-likeness (QED) is 0.567. The van der Waals surface area contributed by atoms with Crippen molar-refractivity contribution in [2.45, 2.75) is 46.1 Å². The predicted octanol–water partition coefficient (Wildman–Crippen LogP) is 1.90. The average molecular weight is 251 g/mol. The van der Waals surface area contributed by atoms with Crippen LogP contribution in [0.4, 0.5) is 0 Å². The summed E-state index contributed by atoms with van der Waals surface area (Å²) in [6.45, 7) is 7.29. The highest BCUT2D eigenvalue weighted by molar-refractivity contribution is 6.18. The molecule has 2 aliphatic rings. The zero-order valence-electron chi connectivity index (χ0n) is 11.4. The maximum absolute atomic E-state index is 12.2. The lowest BCUT2D eigenvalue weighted by Crippen LogP contribution is -2.43. The molecule has 100 valence electrons. The first-order chi connectivity index (χ1) is 8.56. The van der Waals surface area contributed by atoms with Crippen LogP contribution in [0, 0.1) is 5.92 Å². The summed E-state index contributed by atoms with van der Waals surface area (Å²) in [5, 5.41) is 0. The minimum Gasteiger partial charge on any atom is -0.462 e. The number of allylic oxidation sites excluding steroid dienone is 1. The van der Waals surface area contributed by atoms with E-state index in [4.69, 9.17) is 4.74 Å². The lowest BCUT2D eigenvalue weighted by molar-refractivity contribution is -0.140. The zero-order chi connectivity index (χ0) is 13.3. The standard InChI is InChI=1S/C14H21NO3/c1-4-18-14(17)13-10-6-5-7-15(10)11(9(2)3)8-12(13)16/h9,11H,4-8H2,1-3H3/t11-/m1/s1. The Bertz CT molecular complexity index is 398. The molecule has 0 aromatic carbocycles. The number of ether oxygens (including phenoxy) is 1. The van der Waals surface area contributed by atoms with Gasteiger partial charge in [-0.25, -0.2) is 4.79 Å². The molecule has 0 unspecified atom stereocenters. The van der Waals surface area contributed by atoms with Crippen molar-refractivity contribution in [3.8, 4) is 0 Å². The Labute approximate surface area is 108 Å². The molecule has 0 aromatic heterocycles. The Morgan fingerprint density at radius 2 is 2.22 bits per heavy atom. The van der Waals surface area contributed by atoms with Crippen LogP contribution in [0.15, 0.2) is 11.3 Å². The maximum atomic E-state index is 12.2. The maximum Gasteiger partial charge on any atom is 0.343 e. The normalized spacial score (nSPS) is 23.7. The van der Waals surface area contributed by atoms with E-state index in [-0.39, 0.29) is 11.8 Å². The van der Waals surface area contributed by atoms with Crippen LogP contribution in [0.3, 0.4) is 0 Å². The molecule has 4 nitrogen and oxygen atoms in total. The number of ketones is 1. The van der Waals surface area contributed by atoms with E-state index in [0.717, 1.165) is 25.1 Å². The molecule has 2 heterocycles. The van der Waals surface area contributed by atoms with E-state index in [0.29, 0.717) is 24.5 Å². The van der Waals surface area contributed by atoms with Gasteiger partial charge >= 0.3 is 5.97 Å². The number of esters is 1. The zero-order valence-corrected chi connectivity index (χ0v) is 11.4. The van der Waals surface area contributed by atoms with Crippen molar-refractivity contribution in [2.24, 2.45) is 5.92 Å². The van der Waals surface area contributed by atoms with E-state index >= 15 is 0 Å². The van der Waals surface area contributed by atoms with Gasteiger partial charge in [0.2, 0.25) is 0 Å². The van der Waals surface area contributed by atoms with Crippen LogP contribution in [-0.2, 0) is 14.3 Å². The number of nitrogens with zero attached hydrogens (tertiary/aromatic N) is 1. The van der Waals surface area contributed by atoms with Crippen molar-refractivity contribution in [1.29, 1.82) is 0 Å². The van der Waals surface area contributed by atoms with E-state index in [2.05, 4.69) is 18.7 Å². The van der Waals surface area contributed by atoms with Crippen LogP contribution < -0.4 is 0 Å². The van der Waals surface area contributed by atoms with Gasteiger partial charge in [-0.1, -0.05) is 13.8 Å². The molecule has 4 heteroatoms. The Hall–Kier alpha value is -1.32. The van der Waals surface area contributed by atoms with E-state index in [1.807, 2.05) is 0 Å². The predicted molar refractivity (Wildman–Crippen MR) is 67.8 cm³/mol. The van der Waals surface area contributed by atoms with Gasteiger partial charge in [0.25, 0.3) is 0 Å². The van der Waals surface area contributed by atoms with Crippen LogP contribution in [0.5, 0.6) is 0 Å². The molecule has 1 saturated heterocycles. The summed E-state index contributed by atoms with van der Waals surface area (Å²) in [5.41, 5.74) is 1.23. The summed E-state index contributed by atoms with van der Waals surface area (Å²) in [7, 11) is 0. The molecule has 0 radical (unpaired) electrons. The van der Waals surface area contributed by atoms with Crippen LogP contribution in [0.1, 0.15) is 40.0 Å². The van der Waals surface area contributed by atoms with Gasteiger partial charge in [-0.15, -0.1) is 0 Å². The summed E-state index contributed by atoms with van der Waals surface area (Å²) in [6.07, 6.45) is 2.28. The van der Waals surface area contributed by atoms with Gasteiger partial charge in [0.1, 0.15) is 5.57 Å². The smallest absolute Gasteiger partial charge is 0.343 e. The van der Waals surface area contributed by atoms with Gasteiger partial charge in [-0.2, -0.15) is 0 Å². The fourth-order valence-corrected chi connectivity index (χ4v) is 2.92. The molecule has 0 N–H and O–H groups in total. The van der Waals surface area contributed by atoms with Crippen molar-refractivity contribution in [3.63, 3.8) is 0 Å². The molecule has 0 amide bonds. The molecule has 0 spiro atoms. The molecule has 2 rings (SSSR count). The molecule has 0 aliphatic carbocycles. The number of hydrogen-bond acceptors (Lipinski definition) is 4. The molecular weight excluding hydrogens is 230 g/mol. The monoisotopic (exact) mass is 251 g/mol. The Morgan fingerprint density at radius 1 is 1.50 bits per heavy atom. The minimum atomic E-state index is -0.438. The number of rotatable bonds is 3. The first-order valence-electron chi connectivity index (χ1n) is 6.76. The fourth-order valence-electron chi connectivity index (χ4n) is 2.92. The molecular formula is C14H21NO3. The van der Waals surface area contributed by atoms with Gasteiger partial charge in [0.05, 0.1) is 6.61 Å². The van der Waals surface area contributed by atoms with Crippen molar-refractivity contribution in [1.82, 2.24) is 4.90 Å². The van der Waals surface area contributed by atoms with Crippen LogP contribution >= 0.6 is 0 Å². The van der Waals surface area contributed by atoms with Gasteiger partial charge in [0, 0.05) is 24.7 Å². The number of hydrogen-bond donors (Lipinski definition) is 0. The third-order valence-corrected chi connectivity index (χ3v) is 3.77. The average Bonchev–Trinajstić information content (AvgIpc) is 2.76. The number of Topliss-reactive ketones (excluding diaryl/α,β-unsaturated/α-hetero) is 1. The summed E-state index contributed by atoms with van der Waals surface area (Å²) in [4.78, 5) is 26.3. The largest absolute Gasteiger partial charge is 0.462 e. The van der Waals surface area contributed by atoms with Gasteiger partial charge in [0.15, 0.2) is 5.78 Å². The Kier molecular flexibility index (Phi) is 3.73. The van der Waals surface area contributed by atoms with Crippen LogP contribution in [-0.4, -0.2) is 35.8 Å². The van der Waals surface area contributed by atoms with E-state index in [1.54, 1.807) is 6.92 Å². The van der Waals surface area contributed by atoms with E-state index in [9.17, 15) is 9.59 Å². The second-order valence-corrected chi connectivity index (χ2v) is 5.28. The Morgan fingerprint density at radius 3 is 2.83 bits per heavy atom. The molecule has 18 heavy (non-hydrogen) atoms. The summed E-state index contributed by atoms with van der Waals surface area (Å²) in [6, 6.07) is 0.244. The van der Waals surface area contributed by atoms with Gasteiger partial charge in [-0.05, 0) is 25.7 Å². The first kappa shape index (κ1) is 13.1. The number of carbonyl (C=O) groups excluding carboxylic acids is 2. The lowest BCUT2D eigenvalue weighted by Gasteiger charge is -2.37. The highest BCUT2D eigenvalue weighted by Gasteiger charge is 2.40. The summed E-state index contributed by atoms with van der Waals surface area (Å²) >= 11 is 0. The highest BCUT2D eigenvalue weighted by atomic mass is 16.5. The molecule has 1 fully saturated rings. The molecule has 0 saturated carbocycles. The minimum absolute atomic E-state index is 0.0414. The Balaban J connectivity index is 2.35. The number of carbonyl (C=O) groups is 2. The van der Waals surface area contributed by atoms with Crippen molar-refractivity contribution in [3.05, 3.63) is 11.3 Å². The summed E-state index contributed by atoms with van der Waals surface area (Å²) in [5.74, 6) is -0.0577. The van der Waals surface area contributed by atoms with E-state index < -0.39 is 5.97 Å². The third-order valence-electron chi connectivity index (χ3n) is 3.77. The molecule has 0 aromatic rings. The second kappa shape index (κ2) is 5.12. The SMILES string of the molecule is CCOC(=O)C1=C2CCCN2[C@@H](C(C)C)CC1=O. The van der Waals surface area contributed by atoms with Crippen LogP contribution in [0.25, 0.3) is 0 Å².